The van der Waals surface area contributed by atoms with Crippen molar-refractivity contribution in [1.29, 1.82) is 0 Å². The van der Waals surface area contributed by atoms with E-state index in [1.54, 1.807) is 6.08 Å². The van der Waals surface area contributed by atoms with Crippen LogP contribution in [0.15, 0.2) is 12.2 Å². The number of halogens is 1. The first-order valence-electron chi connectivity index (χ1n) is 7.00. The van der Waals surface area contributed by atoms with Gasteiger partial charge in [0.05, 0.1) is 5.92 Å². The van der Waals surface area contributed by atoms with Crippen molar-refractivity contribution in [2.75, 3.05) is 0 Å². The summed E-state index contributed by atoms with van der Waals surface area (Å²) < 4.78 is 5.44. The molecule has 3 aliphatic rings. The smallest absolute Gasteiger partial charge is 0.309 e. The van der Waals surface area contributed by atoms with E-state index in [0.717, 1.165) is 6.42 Å². The molecular formula is C15H19ClO4. The number of ketones is 1. The van der Waals surface area contributed by atoms with Gasteiger partial charge in [0.1, 0.15) is 16.6 Å². The summed E-state index contributed by atoms with van der Waals surface area (Å²) >= 11 is 6.45. The lowest BCUT2D eigenvalue weighted by Crippen LogP contribution is -2.72. The van der Waals surface area contributed by atoms with Crippen LogP contribution >= 0.6 is 11.6 Å². The number of fused-ring (bicyclic) bond motifs is 3. The molecule has 6 atom stereocenters. The number of carbonyl (C=O) groups is 2. The molecule has 1 N–H and O–H groups in total. The van der Waals surface area contributed by atoms with Gasteiger partial charge in [-0.1, -0.05) is 19.9 Å². The minimum Gasteiger partial charge on any atom is -0.459 e. The maximum atomic E-state index is 12.2. The minimum atomic E-state index is -1.57. The molecular weight excluding hydrogens is 280 g/mol. The first-order valence-corrected chi connectivity index (χ1v) is 7.38. The maximum Gasteiger partial charge on any atom is 0.309 e. The summed E-state index contributed by atoms with van der Waals surface area (Å²) in [4.78, 5) is 22.5. The fourth-order valence-electron chi connectivity index (χ4n) is 4.15. The first kappa shape index (κ1) is 14.1. The Bertz CT molecular complexity index is 526. The molecule has 0 bridgehead atoms. The second-order valence-electron chi connectivity index (χ2n) is 6.73. The van der Waals surface area contributed by atoms with Crippen molar-refractivity contribution < 1.29 is 19.4 Å². The van der Waals surface area contributed by atoms with Gasteiger partial charge >= 0.3 is 5.97 Å². The molecule has 0 radical (unpaired) electrons. The summed E-state index contributed by atoms with van der Waals surface area (Å²) in [5.41, 5.74) is -2.24. The van der Waals surface area contributed by atoms with Gasteiger partial charge in [-0.05, 0) is 25.8 Å². The molecule has 0 aromatic carbocycles. The van der Waals surface area contributed by atoms with Crippen molar-refractivity contribution in [1.82, 2.24) is 0 Å². The minimum absolute atomic E-state index is 0.0852. The predicted molar refractivity (Wildman–Crippen MR) is 73.2 cm³/mol. The molecule has 0 spiro atoms. The van der Waals surface area contributed by atoms with E-state index in [0.29, 0.717) is 6.42 Å². The molecule has 0 aromatic heterocycles. The van der Waals surface area contributed by atoms with Crippen LogP contribution in [-0.4, -0.2) is 33.4 Å². The third kappa shape index (κ3) is 1.37. The van der Waals surface area contributed by atoms with E-state index in [1.807, 2.05) is 13.8 Å². The topological polar surface area (TPSA) is 63.6 Å². The van der Waals surface area contributed by atoms with Crippen LogP contribution in [0.4, 0.5) is 0 Å². The Morgan fingerprint density at radius 1 is 1.40 bits per heavy atom. The number of rotatable bonds is 0. The number of hydrogen-bond acceptors (Lipinski definition) is 4. The molecule has 1 saturated carbocycles. The highest BCUT2D eigenvalue weighted by Crippen LogP contribution is 2.60. The number of alkyl halides is 1. The SMILES string of the molecule is CC1C(=O)OC2C1CCC1(C)C=CC(=O)C(C)(Cl)C21O. The Morgan fingerprint density at radius 2 is 2.05 bits per heavy atom. The van der Waals surface area contributed by atoms with Gasteiger partial charge in [0.25, 0.3) is 0 Å². The number of aliphatic hydroxyl groups is 1. The molecule has 1 saturated heterocycles. The number of ether oxygens (including phenoxy) is 1. The highest BCUT2D eigenvalue weighted by Gasteiger charge is 2.72. The fraction of sp³-hybridized carbons (Fsp3) is 0.733. The zero-order valence-corrected chi connectivity index (χ0v) is 12.6. The van der Waals surface area contributed by atoms with Crippen molar-refractivity contribution in [3.63, 3.8) is 0 Å². The summed E-state index contributed by atoms with van der Waals surface area (Å²) in [6, 6.07) is 0. The van der Waals surface area contributed by atoms with Crippen LogP contribution in [0.2, 0.25) is 0 Å². The Hall–Kier alpha value is -0.870. The molecule has 5 heteroatoms. The van der Waals surface area contributed by atoms with Gasteiger partial charge in [-0.25, -0.2) is 0 Å². The second kappa shape index (κ2) is 3.86. The van der Waals surface area contributed by atoms with Gasteiger partial charge in [-0.15, -0.1) is 11.6 Å². The second-order valence-corrected chi connectivity index (χ2v) is 7.49. The Balaban J connectivity index is 2.17. The third-order valence-corrected chi connectivity index (χ3v) is 6.18. The summed E-state index contributed by atoms with van der Waals surface area (Å²) in [6.07, 6.45) is 3.91. The van der Waals surface area contributed by atoms with Crippen LogP contribution in [0.5, 0.6) is 0 Å². The Labute approximate surface area is 123 Å². The molecule has 0 aromatic rings. The highest BCUT2D eigenvalue weighted by atomic mass is 35.5. The van der Waals surface area contributed by atoms with Crippen molar-refractivity contribution in [3.8, 4) is 0 Å². The number of allylic oxidation sites excluding steroid dienone is 1. The summed E-state index contributed by atoms with van der Waals surface area (Å²) in [6.45, 7) is 5.21. The molecule has 1 heterocycles. The van der Waals surface area contributed by atoms with Gasteiger partial charge in [-0.3, -0.25) is 9.59 Å². The highest BCUT2D eigenvalue weighted by molar-refractivity contribution is 6.38. The molecule has 6 unspecified atom stereocenters. The molecule has 1 aliphatic heterocycles. The Kier molecular flexibility index (Phi) is 2.72. The number of esters is 1. The average molecular weight is 299 g/mol. The first-order chi connectivity index (χ1) is 9.15. The lowest BCUT2D eigenvalue weighted by molar-refractivity contribution is -0.201. The lowest BCUT2D eigenvalue weighted by Gasteiger charge is -2.58. The van der Waals surface area contributed by atoms with Crippen molar-refractivity contribution >= 4 is 23.4 Å². The largest absolute Gasteiger partial charge is 0.459 e. The van der Waals surface area contributed by atoms with Crippen LogP contribution in [-0.2, 0) is 14.3 Å². The maximum absolute atomic E-state index is 12.2. The van der Waals surface area contributed by atoms with E-state index >= 15 is 0 Å². The number of carbonyl (C=O) groups excluding carboxylic acids is 2. The van der Waals surface area contributed by atoms with Crippen molar-refractivity contribution in [2.45, 2.75) is 50.2 Å². The van der Waals surface area contributed by atoms with Crippen LogP contribution in [0.25, 0.3) is 0 Å². The summed E-state index contributed by atoms with van der Waals surface area (Å²) in [7, 11) is 0. The van der Waals surface area contributed by atoms with Crippen molar-refractivity contribution in [3.05, 3.63) is 12.2 Å². The van der Waals surface area contributed by atoms with Gasteiger partial charge in [-0.2, -0.15) is 0 Å². The van der Waals surface area contributed by atoms with Gasteiger partial charge in [0, 0.05) is 11.3 Å². The zero-order valence-electron chi connectivity index (χ0n) is 11.9. The van der Waals surface area contributed by atoms with Crippen LogP contribution < -0.4 is 0 Å². The van der Waals surface area contributed by atoms with E-state index in [1.165, 1.54) is 13.0 Å². The van der Waals surface area contributed by atoms with Crippen molar-refractivity contribution in [2.24, 2.45) is 17.3 Å². The fourth-order valence-corrected chi connectivity index (χ4v) is 4.54. The van der Waals surface area contributed by atoms with E-state index < -0.39 is 22.0 Å². The van der Waals surface area contributed by atoms with E-state index in [9.17, 15) is 14.7 Å². The molecule has 110 valence electrons. The number of hydrogen-bond donors (Lipinski definition) is 1. The van der Waals surface area contributed by atoms with Gasteiger partial charge < -0.3 is 9.84 Å². The van der Waals surface area contributed by atoms with Crippen LogP contribution in [0.3, 0.4) is 0 Å². The summed E-state index contributed by atoms with van der Waals surface area (Å²) in [5, 5.41) is 11.4. The molecule has 20 heavy (non-hydrogen) atoms. The predicted octanol–water partition coefficient (Wildman–Crippen LogP) is 1.83. The Morgan fingerprint density at radius 3 is 2.70 bits per heavy atom. The van der Waals surface area contributed by atoms with Gasteiger partial charge in [0.2, 0.25) is 0 Å². The standard InChI is InChI=1S/C15H19ClO4/c1-8-9-4-6-13(2)7-5-10(17)14(3,16)15(13,19)11(9)20-12(8)18/h5,7-9,11,19H,4,6H2,1-3H3. The molecule has 2 aliphatic carbocycles. The summed E-state index contributed by atoms with van der Waals surface area (Å²) in [5.74, 6) is -0.998. The van der Waals surface area contributed by atoms with E-state index in [4.69, 9.17) is 16.3 Å². The average Bonchev–Trinajstić information content (AvgIpc) is 2.67. The zero-order chi connectivity index (χ0) is 14.9. The molecule has 4 nitrogen and oxygen atoms in total. The van der Waals surface area contributed by atoms with Crippen LogP contribution in [0, 0.1) is 17.3 Å². The molecule has 2 fully saturated rings. The lowest BCUT2D eigenvalue weighted by atomic mass is 9.52. The third-order valence-electron chi connectivity index (χ3n) is 5.71. The van der Waals surface area contributed by atoms with E-state index in [-0.39, 0.29) is 23.6 Å². The van der Waals surface area contributed by atoms with E-state index in [2.05, 4.69) is 0 Å². The monoisotopic (exact) mass is 298 g/mol. The van der Waals surface area contributed by atoms with Crippen LogP contribution in [0.1, 0.15) is 33.6 Å². The quantitative estimate of drug-likeness (QED) is 0.547. The normalized spacial score (nSPS) is 54.4. The molecule has 0 amide bonds. The molecule has 3 rings (SSSR count). The van der Waals surface area contributed by atoms with Gasteiger partial charge in [0.15, 0.2) is 5.78 Å².